The maximum atomic E-state index is 5.89. The van der Waals surface area contributed by atoms with Crippen LogP contribution in [0.1, 0.15) is 43.7 Å². The van der Waals surface area contributed by atoms with Crippen molar-refractivity contribution in [2.45, 2.75) is 57.7 Å². The van der Waals surface area contributed by atoms with Gasteiger partial charge in [0.2, 0.25) is 0 Å². The lowest BCUT2D eigenvalue weighted by Gasteiger charge is -2.54. The normalized spacial score (nSPS) is 36.7. The van der Waals surface area contributed by atoms with Crippen LogP contribution < -0.4 is 10.6 Å². The fraction of sp³-hybridized carbons (Fsp3) is 0.650. The van der Waals surface area contributed by atoms with E-state index < -0.39 is 0 Å². The van der Waals surface area contributed by atoms with Crippen molar-refractivity contribution >= 4 is 5.96 Å². The minimum atomic E-state index is 0.178. The van der Waals surface area contributed by atoms with Gasteiger partial charge in [-0.25, -0.2) is 0 Å². The van der Waals surface area contributed by atoms with Gasteiger partial charge in [0.15, 0.2) is 5.96 Å². The Hall–Kier alpha value is -1.55. The number of aryl methyl sites for hydroxylation is 1. The Balaban J connectivity index is 1.37. The van der Waals surface area contributed by atoms with Gasteiger partial charge in [0.25, 0.3) is 0 Å². The maximum absolute atomic E-state index is 5.89. The molecule has 0 radical (unpaired) electrons. The van der Waals surface area contributed by atoms with E-state index in [0.29, 0.717) is 30.0 Å². The van der Waals surface area contributed by atoms with Crippen LogP contribution in [0.5, 0.6) is 0 Å². The lowest BCUT2D eigenvalue weighted by molar-refractivity contribution is -0.106. The van der Waals surface area contributed by atoms with Gasteiger partial charge in [-0.1, -0.05) is 38.1 Å². The predicted molar refractivity (Wildman–Crippen MR) is 97.4 cm³/mol. The summed E-state index contributed by atoms with van der Waals surface area (Å²) in [7, 11) is 1.87. The molecule has 5 atom stereocenters. The molecular formula is C20H29N3O. The second kappa shape index (κ2) is 5.76. The third-order valence-electron chi connectivity index (χ3n) is 6.32. The average Bonchev–Trinajstić information content (AvgIpc) is 3.16. The molecule has 2 aliphatic carbocycles. The van der Waals surface area contributed by atoms with E-state index in [2.05, 4.69) is 60.7 Å². The van der Waals surface area contributed by atoms with Crippen molar-refractivity contribution in [2.24, 2.45) is 16.3 Å². The largest absolute Gasteiger partial charge is 0.377 e. The van der Waals surface area contributed by atoms with E-state index in [1.54, 1.807) is 0 Å². The van der Waals surface area contributed by atoms with Gasteiger partial charge in [0, 0.05) is 43.0 Å². The molecule has 1 heterocycles. The first-order valence-electron chi connectivity index (χ1n) is 9.19. The first-order valence-corrected chi connectivity index (χ1v) is 9.19. The highest BCUT2D eigenvalue weighted by Gasteiger charge is 2.59. The van der Waals surface area contributed by atoms with E-state index in [1.165, 1.54) is 17.5 Å². The summed E-state index contributed by atoms with van der Waals surface area (Å²) in [6, 6.07) is 9.66. The maximum Gasteiger partial charge on any atom is 0.191 e. The highest BCUT2D eigenvalue weighted by Crippen LogP contribution is 2.52. The molecule has 3 aliphatic rings. The van der Waals surface area contributed by atoms with Gasteiger partial charge in [-0.2, -0.15) is 0 Å². The molecule has 0 amide bonds. The molecule has 0 bridgehead atoms. The van der Waals surface area contributed by atoms with Crippen molar-refractivity contribution in [1.82, 2.24) is 10.6 Å². The predicted octanol–water partition coefficient (Wildman–Crippen LogP) is 2.83. The van der Waals surface area contributed by atoms with Gasteiger partial charge in [-0.3, -0.25) is 4.99 Å². The second-order valence-electron chi connectivity index (χ2n) is 8.21. The molecule has 0 spiro atoms. The number of hydrogen-bond donors (Lipinski definition) is 2. The SMILES string of the molecule is CN=C(NC1CC1c1ccccc1C)NC1C2CCOC2C1(C)C. The third-order valence-corrected chi connectivity index (χ3v) is 6.32. The molecule has 4 heteroatoms. The van der Waals surface area contributed by atoms with Crippen molar-refractivity contribution in [1.29, 1.82) is 0 Å². The molecule has 1 aromatic carbocycles. The molecule has 2 N–H and O–H groups in total. The molecule has 1 aromatic rings. The molecule has 4 rings (SSSR count). The topological polar surface area (TPSA) is 45.7 Å². The summed E-state index contributed by atoms with van der Waals surface area (Å²) in [5.41, 5.74) is 3.04. The van der Waals surface area contributed by atoms with Gasteiger partial charge in [0.05, 0.1) is 6.10 Å². The number of aliphatic imine (C=N–C) groups is 1. The van der Waals surface area contributed by atoms with Gasteiger partial charge >= 0.3 is 0 Å². The quantitative estimate of drug-likeness (QED) is 0.663. The van der Waals surface area contributed by atoms with Crippen molar-refractivity contribution < 1.29 is 4.74 Å². The van der Waals surface area contributed by atoms with Crippen LogP contribution in [-0.2, 0) is 4.74 Å². The summed E-state index contributed by atoms with van der Waals surface area (Å²) in [6.45, 7) is 7.71. The van der Waals surface area contributed by atoms with E-state index in [0.717, 1.165) is 19.0 Å². The van der Waals surface area contributed by atoms with Crippen LogP contribution in [-0.4, -0.2) is 37.8 Å². The minimum absolute atomic E-state index is 0.178. The van der Waals surface area contributed by atoms with Crippen molar-refractivity contribution in [2.75, 3.05) is 13.7 Å². The molecule has 1 saturated heterocycles. The standard InChI is InChI=1S/C20H29N3O/c1-12-7-5-6-8-13(12)15-11-16(15)22-19(21-4)23-17-14-9-10-24-18(14)20(17,2)3/h5-8,14-18H,9-11H2,1-4H3,(H2,21,22,23). The lowest BCUT2D eigenvalue weighted by atomic mass is 9.57. The average molecular weight is 327 g/mol. The van der Waals surface area contributed by atoms with E-state index in [-0.39, 0.29) is 5.41 Å². The molecule has 4 nitrogen and oxygen atoms in total. The summed E-state index contributed by atoms with van der Waals surface area (Å²) >= 11 is 0. The van der Waals surface area contributed by atoms with Crippen molar-refractivity contribution in [3.63, 3.8) is 0 Å². The van der Waals surface area contributed by atoms with Crippen LogP contribution >= 0.6 is 0 Å². The number of hydrogen-bond acceptors (Lipinski definition) is 2. The zero-order valence-electron chi connectivity index (χ0n) is 15.2. The molecule has 0 aromatic heterocycles. The molecule has 2 saturated carbocycles. The Morgan fingerprint density at radius 1 is 1.25 bits per heavy atom. The molecule has 130 valence electrons. The lowest BCUT2D eigenvalue weighted by Crippen LogP contribution is -2.68. The number of fused-ring (bicyclic) bond motifs is 1. The molecule has 3 fully saturated rings. The van der Waals surface area contributed by atoms with E-state index in [1.807, 2.05) is 7.05 Å². The smallest absolute Gasteiger partial charge is 0.191 e. The summed E-state index contributed by atoms with van der Waals surface area (Å²) in [5.74, 6) is 2.19. The molecular weight excluding hydrogens is 298 g/mol. The molecule has 24 heavy (non-hydrogen) atoms. The van der Waals surface area contributed by atoms with Crippen LogP contribution in [0.2, 0.25) is 0 Å². The summed E-state index contributed by atoms with van der Waals surface area (Å²) < 4.78 is 5.89. The number of nitrogens with one attached hydrogen (secondary N) is 2. The number of benzene rings is 1. The Labute approximate surface area is 145 Å². The highest BCUT2D eigenvalue weighted by molar-refractivity contribution is 5.81. The van der Waals surface area contributed by atoms with Crippen LogP contribution in [0, 0.1) is 18.3 Å². The number of guanidine groups is 1. The molecule has 5 unspecified atom stereocenters. The Bertz CT molecular complexity index is 654. The van der Waals surface area contributed by atoms with Crippen molar-refractivity contribution in [3.05, 3.63) is 35.4 Å². The van der Waals surface area contributed by atoms with Gasteiger partial charge in [0.1, 0.15) is 0 Å². The van der Waals surface area contributed by atoms with Crippen LogP contribution in [0.15, 0.2) is 29.3 Å². The van der Waals surface area contributed by atoms with Gasteiger partial charge in [-0.05, 0) is 30.9 Å². The van der Waals surface area contributed by atoms with Crippen LogP contribution in [0.3, 0.4) is 0 Å². The van der Waals surface area contributed by atoms with Gasteiger partial charge < -0.3 is 15.4 Å². The Kier molecular flexibility index (Phi) is 3.83. The minimum Gasteiger partial charge on any atom is -0.377 e. The fourth-order valence-corrected chi connectivity index (χ4v) is 4.81. The van der Waals surface area contributed by atoms with E-state index in [4.69, 9.17) is 4.74 Å². The second-order valence-corrected chi connectivity index (χ2v) is 8.21. The molecule has 1 aliphatic heterocycles. The summed E-state index contributed by atoms with van der Waals surface area (Å²) in [5, 5.41) is 7.31. The van der Waals surface area contributed by atoms with Gasteiger partial charge in [-0.15, -0.1) is 0 Å². The summed E-state index contributed by atoms with van der Waals surface area (Å²) in [6.07, 6.45) is 2.76. The Morgan fingerprint density at radius 2 is 2.04 bits per heavy atom. The first kappa shape index (κ1) is 15.9. The first-order chi connectivity index (χ1) is 11.5. The van der Waals surface area contributed by atoms with Crippen molar-refractivity contribution in [3.8, 4) is 0 Å². The van der Waals surface area contributed by atoms with Crippen LogP contribution in [0.4, 0.5) is 0 Å². The fourth-order valence-electron chi connectivity index (χ4n) is 4.81. The zero-order valence-corrected chi connectivity index (χ0v) is 15.2. The number of ether oxygens (including phenoxy) is 1. The number of rotatable bonds is 3. The zero-order chi connectivity index (χ0) is 16.9. The Morgan fingerprint density at radius 3 is 2.79 bits per heavy atom. The number of nitrogens with zero attached hydrogens (tertiary/aromatic N) is 1. The highest BCUT2D eigenvalue weighted by atomic mass is 16.5. The summed E-state index contributed by atoms with van der Waals surface area (Å²) in [4.78, 5) is 4.47. The van der Waals surface area contributed by atoms with E-state index in [9.17, 15) is 0 Å². The third kappa shape index (κ3) is 2.52. The monoisotopic (exact) mass is 327 g/mol. The van der Waals surface area contributed by atoms with Crippen LogP contribution in [0.25, 0.3) is 0 Å². The van der Waals surface area contributed by atoms with E-state index >= 15 is 0 Å².